The second kappa shape index (κ2) is 10.2. The van der Waals surface area contributed by atoms with Crippen molar-refractivity contribution in [2.45, 2.75) is 70.9 Å². The number of hydrogen-bond acceptors (Lipinski definition) is 4. The Hall–Kier alpha value is -2.27. The van der Waals surface area contributed by atoms with E-state index in [9.17, 15) is 19.5 Å². The number of hydrogen-bond donors (Lipinski definition) is 1. The fourth-order valence-corrected chi connectivity index (χ4v) is 3.32. The lowest BCUT2D eigenvalue weighted by atomic mass is 10.0. The van der Waals surface area contributed by atoms with Crippen molar-refractivity contribution in [1.29, 1.82) is 0 Å². The molecule has 1 aliphatic rings. The monoisotopic (exact) mass is 371 g/mol. The quantitative estimate of drug-likeness (QED) is 0.338. The molecule has 1 heterocycles. The van der Waals surface area contributed by atoms with Crippen LogP contribution in [0.2, 0.25) is 0 Å². The third kappa shape index (κ3) is 5.60. The Morgan fingerprint density at radius 1 is 0.963 bits per heavy atom. The number of aliphatic hydroxyl groups is 1. The summed E-state index contributed by atoms with van der Waals surface area (Å²) in [4.78, 5) is 37.0. The Morgan fingerprint density at radius 3 is 1.96 bits per heavy atom. The zero-order valence-corrected chi connectivity index (χ0v) is 16.1. The van der Waals surface area contributed by atoms with Crippen molar-refractivity contribution in [1.82, 2.24) is 4.90 Å². The van der Waals surface area contributed by atoms with E-state index in [0.29, 0.717) is 29.5 Å². The van der Waals surface area contributed by atoms with Crippen LogP contribution in [0, 0.1) is 0 Å². The average Bonchev–Trinajstić information content (AvgIpc) is 2.91. The number of imide groups is 1. The molecule has 27 heavy (non-hydrogen) atoms. The number of nitrogens with zero attached hydrogens (tertiary/aromatic N) is 1. The van der Waals surface area contributed by atoms with Gasteiger partial charge in [0.1, 0.15) is 6.23 Å². The summed E-state index contributed by atoms with van der Waals surface area (Å²) in [6, 6.07) is 6.67. The van der Waals surface area contributed by atoms with Crippen molar-refractivity contribution in [2.24, 2.45) is 0 Å². The first kappa shape index (κ1) is 21.0. The number of aliphatic hydroxyl groups excluding tert-OH is 1. The minimum Gasteiger partial charge on any atom is -0.373 e. The number of Topliss-reactive ketones (excluding diaryl/α,β-unsaturated/α-hetero) is 1. The zero-order chi connectivity index (χ0) is 19.8. The third-order valence-corrected chi connectivity index (χ3v) is 4.97. The van der Waals surface area contributed by atoms with Gasteiger partial charge in [-0.05, 0) is 43.9 Å². The van der Waals surface area contributed by atoms with Crippen LogP contribution in [0.3, 0.4) is 0 Å². The van der Waals surface area contributed by atoms with Crippen molar-refractivity contribution in [3.63, 3.8) is 0 Å². The van der Waals surface area contributed by atoms with Gasteiger partial charge >= 0.3 is 0 Å². The molecule has 2 rings (SSSR count). The molecular formula is C22H29NO4. The van der Waals surface area contributed by atoms with Crippen molar-refractivity contribution in [3.8, 4) is 0 Å². The van der Waals surface area contributed by atoms with Gasteiger partial charge in [-0.3, -0.25) is 14.4 Å². The van der Waals surface area contributed by atoms with E-state index in [4.69, 9.17) is 0 Å². The smallest absolute Gasteiger partial charge is 0.263 e. The molecule has 0 bridgehead atoms. The number of carbonyl (C=O) groups is 3. The number of benzene rings is 1. The number of carbonyl (C=O) groups excluding carboxylic acids is 3. The maximum absolute atomic E-state index is 12.3. The molecule has 0 aromatic heterocycles. The highest BCUT2D eigenvalue weighted by Crippen LogP contribution is 2.25. The Morgan fingerprint density at radius 2 is 1.44 bits per heavy atom. The van der Waals surface area contributed by atoms with Crippen LogP contribution in [-0.2, 0) is 4.79 Å². The summed E-state index contributed by atoms with van der Waals surface area (Å²) in [7, 11) is 0. The second-order valence-electron chi connectivity index (χ2n) is 7.22. The third-order valence-electron chi connectivity index (χ3n) is 4.97. The molecule has 146 valence electrons. The van der Waals surface area contributed by atoms with Gasteiger partial charge in [0.2, 0.25) is 0 Å². The Kier molecular flexibility index (Phi) is 7.92. The molecule has 1 N–H and O–H groups in total. The Labute approximate surface area is 161 Å². The van der Waals surface area contributed by atoms with Gasteiger partial charge in [0.25, 0.3) is 11.8 Å². The molecular weight excluding hydrogens is 342 g/mol. The molecule has 1 aliphatic heterocycles. The van der Waals surface area contributed by atoms with Crippen LogP contribution in [0.4, 0.5) is 0 Å². The average molecular weight is 371 g/mol. The maximum Gasteiger partial charge on any atom is 0.263 e. The second-order valence-corrected chi connectivity index (χ2v) is 7.22. The summed E-state index contributed by atoms with van der Waals surface area (Å²) in [6.45, 7) is 5.40. The van der Waals surface area contributed by atoms with E-state index in [1.165, 1.54) is 0 Å². The van der Waals surface area contributed by atoms with Gasteiger partial charge in [0.15, 0.2) is 5.78 Å². The van der Waals surface area contributed by atoms with Crippen molar-refractivity contribution < 1.29 is 19.5 Å². The minimum absolute atomic E-state index is 0.150. The molecule has 5 nitrogen and oxygen atoms in total. The lowest BCUT2D eigenvalue weighted by molar-refractivity contribution is -0.115. The summed E-state index contributed by atoms with van der Waals surface area (Å²) >= 11 is 0. The van der Waals surface area contributed by atoms with Crippen molar-refractivity contribution in [2.75, 3.05) is 0 Å². The van der Waals surface area contributed by atoms with E-state index in [-0.39, 0.29) is 5.78 Å². The predicted octanol–water partition coefficient (Wildman–Crippen LogP) is 4.26. The number of fused-ring (bicyclic) bond motifs is 1. The van der Waals surface area contributed by atoms with Crippen molar-refractivity contribution in [3.05, 3.63) is 47.5 Å². The fraction of sp³-hybridized carbons (Fsp3) is 0.500. The van der Waals surface area contributed by atoms with Gasteiger partial charge in [-0.25, -0.2) is 4.90 Å². The lowest BCUT2D eigenvalue weighted by Crippen LogP contribution is -2.39. The van der Waals surface area contributed by atoms with E-state index >= 15 is 0 Å². The number of allylic oxidation sites excluding steroid dienone is 1. The summed E-state index contributed by atoms with van der Waals surface area (Å²) in [5, 5.41) is 10.3. The summed E-state index contributed by atoms with van der Waals surface area (Å²) < 4.78 is 0. The van der Waals surface area contributed by atoms with E-state index in [0.717, 1.165) is 49.8 Å². The Bertz CT molecular complexity index is 675. The van der Waals surface area contributed by atoms with Crippen molar-refractivity contribution >= 4 is 17.6 Å². The van der Waals surface area contributed by atoms with E-state index in [2.05, 4.69) is 6.58 Å². The standard InChI is InChI=1S/C22H29NO4/c1-16(2)19(24)14-8-6-4-3-5-7-9-15-20(25)23-21(26)17-12-10-11-13-18(17)22(23)27/h10-13,20,25H,1,3-9,14-15H2,2H3. The molecule has 1 aromatic carbocycles. The van der Waals surface area contributed by atoms with Gasteiger partial charge in [-0.1, -0.05) is 50.8 Å². The Balaban J connectivity index is 1.59. The summed E-state index contributed by atoms with van der Waals surface area (Å²) in [5.41, 5.74) is 1.37. The molecule has 0 saturated heterocycles. The van der Waals surface area contributed by atoms with Crippen LogP contribution in [0.15, 0.2) is 36.4 Å². The first-order valence-corrected chi connectivity index (χ1v) is 9.77. The van der Waals surface area contributed by atoms with Gasteiger partial charge in [0, 0.05) is 6.42 Å². The largest absolute Gasteiger partial charge is 0.373 e. The van der Waals surface area contributed by atoms with Crippen LogP contribution in [0.1, 0.15) is 85.4 Å². The molecule has 1 atom stereocenters. The van der Waals surface area contributed by atoms with Gasteiger partial charge in [-0.15, -0.1) is 0 Å². The number of unbranched alkanes of at least 4 members (excludes halogenated alkanes) is 6. The zero-order valence-electron chi connectivity index (χ0n) is 16.1. The highest BCUT2D eigenvalue weighted by atomic mass is 16.3. The summed E-state index contributed by atoms with van der Waals surface area (Å²) in [5.74, 6) is -0.669. The minimum atomic E-state index is -1.06. The number of ketones is 1. The van der Waals surface area contributed by atoms with Crippen LogP contribution in [-0.4, -0.2) is 33.8 Å². The number of rotatable bonds is 12. The van der Waals surface area contributed by atoms with E-state index in [1.54, 1.807) is 31.2 Å². The molecule has 5 heteroatoms. The molecule has 0 spiro atoms. The highest BCUT2D eigenvalue weighted by molar-refractivity contribution is 6.21. The fourth-order valence-electron chi connectivity index (χ4n) is 3.32. The lowest BCUT2D eigenvalue weighted by Gasteiger charge is -2.21. The van der Waals surface area contributed by atoms with Crippen LogP contribution in [0.5, 0.6) is 0 Å². The highest BCUT2D eigenvalue weighted by Gasteiger charge is 2.38. The molecule has 0 saturated carbocycles. The molecule has 2 amide bonds. The van der Waals surface area contributed by atoms with Gasteiger partial charge in [0.05, 0.1) is 11.1 Å². The normalized spacial score (nSPS) is 14.4. The van der Waals surface area contributed by atoms with Crippen LogP contribution in [0.25, 0.3) is 0 Å². The topological polar surface area (TPSA) is 74.7 Å². The SMILES string of the molecule is C=C(C)C(=O)CCCCCCCCCC(O)N1C(=O)c2ccccc2C1=O. The van der Waals surface area contributed by atoms with E-state index in [1.807, 2.05) is 0 Å². The van der Waals surface area contributed by atoms with Crippen LogP contribution >= 0.6 is 0 Å². The molecule has 1 aromatic rings. The molecule has 0 fully saturated rings. The molecule has 0 aliphatic carbocycles. The first-order valence-electron chi connectivity index (χ1n) is 9.77. The summed E-state index contributed by atoms with van der Waals surface area (Å²) in [6.07, 6.45) is 6.80. The van der Waals surface area contributed by atoms with Crippen LogP contribution < -0.4 is 0 Å². The van der Waals surface area contributed by atoms with Gasteiger partial charge in [-0.2, -0.15) is 0 Å². The maximum atomic E-state index is 12.3. The molecule has 1 unspecified atom stereocenters. The number of amides is 2. The predicted molar refractivity (Wildman–Crippen MR) is 104 cm³/mol. The first-order chi connectivity index (χ1) is 12.9. The molecule has 0 radical (unpaired) electrons. The van der Waals surface area contributed by atoms with Gasteiger partial charge < -0.3 is 5.11 Å². The van der Waals surface area contributed by atoms with E-state index < -0.39 is 18.0 Å².